The highest BCUT2D eigenvalue weighted by Crippen LogP contribution is 2.67. The molecule has 2 aliphatic rings. The van der Waals surface area contributed by atoms with Gasteiger partial charge in [0.25, 0.3) is 0 Å². The molecule has 13 rings (SSSR count). The molecule has 1 heterocycles. The van der Waals surface area contributed by atoms with Crippen molar-refractivity contribution in [2.45, 2.75) is 5.41 Å². The van der Waals surface area contributed by atoms with Crippen LogP contribution in [-0.2, 0) is 5.41 Å². The van der Waals surface area contributed by atoms with E-state index in [-0.39, 0.29) is 0 Å². The molecule has 62 heavy (non-hydrogen) atoms. The fourth-order valence-corrected chi connectivity index (χ4v) is 11.9. The van der Waals surface area contributed by atoms with Crippen LogP contribution >= 0.6 is 11.3 Å². The van der Waals surface area contributed by atoms with Gasteiger partial charge in [0.2, 0.25) is 0 Å². The van der Waals surface area contributed by atoms with Gasteiger partial charge in [0, 0.05) is 43.7 Å². The van der Waals surface area contributed by atoms with E-state index < -0.39 is 5.41 Å². The smallest absolute Gasteiger partial charge is 0.0741 e. The molecule has 1 unspecified atom stereocenters. The molecule has 3 heteroatoms. The first-order valence-corrected chi connectivity index (χ1v) is 22.1. The third kappa shape index (κ3) is 5.09. The summed E-state index contributed by atoms with van der Waals surface area (Å²) in [6.45, 7) is 0. The Kier molecular flexibility index (Phi) is 7.72. The maximum atomic E-state index is 2.51. The van der Waals surface area contributed by atoms with Crippen LogP contribution in [0.4, 0.5) is 34.1 Å². The Balaban J connectivity index is 1.10. The minimum absolute atomic E-state index is 0.570. The van der Waals surface area contributed by atoms with E-state index in [1.807, 2.05) is 11.3 Å². The van der Waals surface area contributed by atoms with Crippen molar-refractivity contribution in [3.8, 4) is 21.6 Å². The third-order valence-electron chi connectivity index (χ3n) is 13.2. The van der Waals surface area contributed by atoms with E-state index in [0.717, 1.165) is 34.1 Å². The van der Waals surface area contributed by atoms with E-state index in [4.69, 9.17) is 0 Å². The SMILES string of the molecule is c1ccc(N(c2ccc3c(c2)C2(c4ccccc4-3)c3cc(N(c4ccccc4)c4ccc5ccccc5c4)ccc3-c3sc4ccccc4c32)c2ccc3ccccc3c2)cc1. The van der Waals surface area contributed by atoms with E-state index in [1.165, 1.54) is 75.5 Å². The molecule has 0 aliphatic heterocycles. The monoisotopic (exact) mass is 806 g/mol. The van der Waals surface area contributed by atoms with Gasteiger partial charge in [0.15, 0.2) is 0 Å². The van der Waals surface area contributed by atoms with Gasteiger partial charge in [-0.05, 0) is 145 Å². The Bertz CT molecular complexity index is 3550. The van der Waals surface area contributed by atoms with Gasteiger partial charge in [-0.2, -0.15) is 0 Å². The Morgan fingerprint density at radius 1 is 0.306 bits per heavy atom. The predicted molar refractivity (Wildman–Crippen MR) is 263 cm³/mol. The summed E-state index contributed by atoms with van der Waals surface area (Å²) in [7, 11) is 0. The van der Waals surface area contributed by atoms with Gasteiger partial charge in [-0.3, -0.25) is 0 Å². The Morgan fingerprint density at radius 3 is 1.39 bits per heavy atom. The summed E-state index contributed by atoms with van der Waals surface area (Å²) >= 11 is 1.93. The van der Waals surface area contributed by atoms with Crippen molar-refractivity contribution >= 4 is 77.1 Å². The number of nitrogens with zero attached hydrogens (tertiary/aromatic N) is 2. The normalized spacial score (nSPS) is 14.5. The highest BCUT2D eigenvalue weighted by atomic mass is 32.1. The van der Waals surface area contributed by atoms with Crippen molar-refractivity contribution in [1.82, 2.24) is 0 Å². The zero-order chi connectivity index (χ0) is 40.8. The van der Waals surface area contributed by atoms with E-state index in [2.05, 4.69) is 240 Å². The van der Waals surface area contributed by atoms with Gasteiger partial charge in [0.1, 0.15) is 0 Å². The molecule has 0 fully saturated rings. The van der Waals surface area contributed by atoms with E-state index in [9.17, 15) is 0 Å². The summed E-state index contributed by atoms with van der Waals surface area (Å²) in [6, 6.07) is 85.3. The van der Waals surface area contributed by atoms with Crippen LogP contribution in [-0.4, -0.2) is 0 Å². The van der Waals surface area contributed by atoms with Crippen LogP contribution in [0.25, 0.3) is 53.2 Å². The maximum absolute atomic E-state index is 2.51. The second-order valence-electron chi connectivity index (χ2n) is 16.5. The molecule has 11 aromatic rings. The first-order chi connectivity index (χ1) is 30.7. The number of para-hydroxylation sites is 2. The van der Waals surface area contributed by atoms with Gasteiger partial charge in [-0.25, -0.2) is 0 Å². The van der Waals surface area contributed by atoms with Gasteiger partial charge < -0.3 is 9.80 Å². The van der Waals surface area contributed by atoms with Gasteiger partial charge in [-0.1, -0.05) is 152 Å². The van der Waals surface area contributed by atoms with Crippen molar-refractivity contribution < 1.29 is 0 Å². The van der Waals surface area contributed by atoms with E-state index in [0.29, 0.717) is 0 Å². The molecule has 290 valence electrons. The lowest BCUT2D eigenvalue weighted by molar-refractivity contribution is 0.802. The summed E-state index contributed by atoms with van der Waals surface area (Å²) in [5, 5.41) is 6.23. The molecule has 0 saturated carbocycles. The zero-order valence-corrected chi connectivity index (χ0v) is 34.6. The lowest BCUT2D eigenvalue weighted by Gasteiger charge is -2.33. The van der Waals surface area contributed by atoms with Crippen molar-refractivity contribution in [2.75, 3.05) is 9.80 Å². The number of hydrogen-bond donors (Lipinski definition) is 0. The number of anilines is 6. The average Bonchev–Trinajstić information content (AvgIpc) is 3.96. The fourth-order valence-electron chi connectivity index (χ4n) is 10.6. The molecule has 0 saturated heterocycles. The first-order valence-electron chi connectivity index (χ1n) is 21.3. The summed E-state index contributed by atoms with van der Waals surface area (Å²) in [5.74, 6) is 0. The lowest BCUT2D eigenvalue weighted by Crippen LogP contribution is -2.26. The summed E-state index contributed by atoms with van der Waals surface area (Å²) in [6.07, 6.45) is 0. The summed E-state index contributed by atoms with van der Waals surface area (Å²) in [4.78, 5) is 6.21. The van der Waals surface area contributed by atoms with Gasteiger partial charge >= 0.3 is 0 Å². The first kappa shape index (κ1) is 35.1. The van der Waals surface area contributed by atoms with Crippen LogP contribution in [0.2, 0.25) is 0 Å². The predicted octanol–water partition coefficient (Wildman–Crippen LogP) is 16.5. The molecule has 0 amide bonds. The van der Waals surface area contributed by atoms with Crippen molar-refractivity contribution in [3.05, 3.63) is 253 Å². The molecule has 1 aromatic heterocycles. The second kappa shape index (κ2) is 13.7. The zero-order valence-electron chi connectivity index (χ0n) is 33.7. The molecule has 2 nitrogen and oxygen atoms in total. The third-order valence-corrected chi connectivity index (χ3v) is 14.4. The van der Waals surface area contributed by atoms with Crippen LogP contribution in [0, 0.1) is 0 Å². The molecule has 10 aromatic carbocycles. The van der Waals surface area contributed by atoms with Crippen molar-refractivity contribution in [2.24, 2.45) is 0 Å². The van der Waals surface area contributed by atoms with E-state index >= 15 is 0 Å². The number of hydrogen-bond acceptors (Lipinski definition) is 3. The highest BCUT2D eigenvalue weighted by molar-refractivity contribution is 7.22. The average molecular weight is 807 g/mol. The lowest BCUT2D eigenvalue weighted by atomic mass is 9.70. The topological polar surface area (TPSA) is 6.48 Å². The fraction of sp³-hybridized carbons (Fsp3) is 0.0169. The maximum Gasteiger partial charge on any atom is 0.0741 e. The molecule has 1 atom stereocenters. The van der Waals surface area contributed by atoms with Crippen LogP contribution < -0.4 is 9.80 Å². The van der Waals surface area contributed by atoms with Crippen LogP contribution in [0.1, 0.15) is 22.3 Å². The molecule has 0 bridgehead atoms. The Morgan fingerprint density at radius 2 is 0.758 bits per heavy atom. The highest BCUT2D eigenvalue weighted by Gasteiger charge is 2.54. The van der Waals surface area contributed by atoms with Gasteiger partial charge in [-0.15, -0.1) is 11.3 Å². The Hall–Kier alpha value is -7.72. The van der Waals surface area contributed by atoms with Crippen molar-refractivity contribution in [3.63, 3.8) is 0 Å². The van der Waals surface area contributed by atoms with Gasteiger partial charge in [0.05, 0.1) is 5.41 Å². The summed E-state index contributed by atoms with van der Waals surface area (Å²) < 4.78 is 1.32. The molecule has 0 N–H and O–H groups in total. The number of fused-ring (bicyclic) bond motifs is 14. The van der Waals surface area contributed by atoms with Crippen LogP contribution in [0.3, 0.4) is 0 Å². The molecular weight excluding hydrogens is 769 g/mol. The molecule has 2 aliphatic carbocycles. The molecular formula is C59H38N2S. The minimum atomic E-state index is -0.570. The Labute approximate surface area is 364 Å². The van der Waals surface area contributed by atoms with Crippen LogP contribution in [0.5, 0.6) is 0 Å². The second-order valence-corrected chi connectivity index (χ2v) is 17.5. The molecule has 0 radical (unpaired) electrons. The number of rotatable bonds is 6. The quantitative estimate of drug-likeness (QED) is 0.165. The van der Waals surface area contributed by atoms with Crippen LogP contribution in [0.15, 0.2) is 231 Å². The van der Waals surface area contributed by atoms with Crippen molar-refractivity contribution in [1.29, 1.82) is 0 Å². The molecule has 1 spiro atoms. The standard InChI is InChI=1S/C59H38N2S/c1-3-19-43(20-4-1)60(45-29-27-39-15-7-9-17-41(39)35-45)47-31-33-50-49-23-11-13-25-53(49)59(54(50)37-47)55-38-48(32-34-51(55)58-57(59)52-24-12-14-26-56(52)62-58)61(44-21-5-2-6-22-44)46-30-28-40-16-8-10-18-42(40)36-46/h1-38H. The summed E-state index contributed by atoms with van der Waals surface area (Å²) in [5.41, 5.74) is 15.4. The van der Waals surface area contributed by atoms with E-state index in [1.54, 1.807) is 0 Å². The number of thiophene rings is 1. The number of benzene rings is 10. The largest absolute Gasteiger partial charge is 0.310 e. The minimum Gasteiger partial charge on any atom is -0.310 e.